The Balaban J connectivity index is 1.48. The number of carbonyl (C=O) groups is 4. The number of anilines is 2. The number of hydrogen-bond donors (Lipinski definition) is 1. The van der Waals surface area contributed by atoms with Gasteiger partial charge in [0.2, 0.25) is 5.91 Å². The summed E-state index contributed by atoms with van der Waals surface area (Å²) in [5.74, 6) is -2.45. The van der Waals surface area contributed by atoms with Crippen LogP contribution in [0.15, 0.2) is 48.5 Å². The Morgan fingerprint density at radius 1 is 1.06 bits per heavy atom. The predicted octanol–water partition coefficient (Wildman–Crippen LogP) is 3.05. The number of nitrogens with one attached hydrogen (secondary N) is 1. The van der Waals surface area contributed by atoms with Crippen molar-refractivity contribution < 1.29 is 28.7 Å². The summed E-state index contributed by atoms with van der Waals surface area (Å²) < 4.78 is 9.97. The smallest absolute Gasteiger partial charge is 0.338 e. The summed E-state index contributed by atoms with van der Waals surface area (Å²) in [5.41, 5.74) is 1.45. The van der Waals surface area contributed by atoms with Crippen molar-refractivity contribution >= 4 is 46.7 Å². The third-order valence-corrected chi connectivity index (χ3v) is 4.87. The van der Waals surface area contributed by atoms with Gasteiger partial charge in [-0.2, -0.15) is 0 Å². The van der Waals surface area contributed by atoms with Gasteiger partial charge in [0.1, 0.15) is 0 Å². The summed E-state index contributed by atoms with van der Waals surface area (Å²) in [6, 6.07) is 12.9. The average molecular weight is 445 g/mol. The highest BCUT2D eigenvalue weighted by Gasteiger charge is 2.36. The van der Waals surface area contributed by atoms with Crippen LogP contribution in [-0.4, -0.2) is 43.5 Å². The highest BCUT2D eigenvalue weighted by Crippen LogP contribution is 2.27. The predicted molar refractivity (Wildman–Crippen MR) is 114 cm³/mol. The van der Waals surface area contributed by atoms with E-state index in [-0.39, 0.29) is 25.5 Å². The lowest BCUT2D eigenvalue weighted by Crippen LogP contribution is -2.28. The molecule has 1 N–H and O–H groups in total. The molecule has 2 amide bonds. The summed E-state index contributed by atoms with van der Waals surface area (Å²) in [4.78, 5) is 49.7. The van der Waals surface area contributed by atoms with Crippen LogP contribution in [0.4, 0.5) is 11.4 Å². The molecular weight excluding hydrogens is 424 g/mol. The maximum atomic E-state index is 12.3. The van der Waals surface area contributed by atoms with Crippen molar-refractivity contribution in [2.75, 3.05) is 30.0 Å². The van der Waals surface area contributed by atoms with Gasteiger partial charge in [0, 0.05) is 29.4 Å². The first-order valence-corrected chi connectivity index (χ1v) is 10.0. The fourth-order valence-electron chi connectivity index (χ4n) is 3.09. The SMILES string of the molecule is CCOC(=O)c1ccc(NC(=O)COC(=O)[C@@H]2CC(=O)N(c3ccc(Cl)cc3)C2)cc1. The second-order valence-electron chi connectivity index (χ2n) is 6.84. The molecule has 0 spiro atoms. The first-order chi connectivity index (χ1) is 14.9. The quantitative estimate of drug-likeness (QED) is 0.658. The van der Waals surface area contributed by atoms with Gasteiger partial charge in [-0.15, -0.1) is 0 Å². The van der Waals surface area contributed by atoms with Gasteiger partial charge in [-0.1, -0.05) is 11.6 Å². The Labute approximate surface area is 184 Å². The zero-order valence-corrected chi connectivity index (χ0v) is 17.6. The standard InChI is InChI=1S/C22H21ClN2O6/c1-2-30-21(28)14-3-7-17(8-4-14)24-19(26)13-31-22(29)15-11-20(27)25(12-15)18-9-5-16(23)6-10-18/h3-10,15H,2,11-13H2,1H3,(H,24,26)/t15-/m1/s1. The molecule has 0 aliphatic carbocycles. The van der Waals surface area contributed by atoms with E-state index in [4.69, 9.17) is 21.1 Å². The maximum absolute atomic E-state index is 12.3. The third-order valence-electron chi connectivity index (χ3n) is 4.62. The lowest BCUT2D eigenvalue weighted by Gasteiger charge is -2.16. The minimum absolute atomic E-state index is 0.0123. The van der Waals surface area contributed by atoms with E-state index in [1.54, 1.807) is 43.3 Å². The van der Waals surface area contributed by atoms with E-state index in [0.29, 0.717) is 22.0 Å². The molecule has 3 rings (SSSR count). The normalized spacial score (nSPS) is 15.5. The number of rotatable bonds is 7. The molecule has 1 aliphatic heterocycles. The van der Waals surface area contributed by atoms with Crippen molar-refractivity contribution in [2.45, 2.75) is 13.3 Å². The Morgan fingerprint density at radius 2 is 1.74 bits per heavy atom. The first-order valence-electron chi connectivity index (χ1n) is 9.67. The van der Waals surface area contributed by atoms with Crippen LogP contribution in [0.5, 0.6) is 0 Å². The summed E-state index contributed by atoms with van der Waals surface area (Å²) in [6.07, 6.45) is 0.0123. The van der Waals surface area contributed by atoms with Crippen molar-refractivity contribution in [3.8, 4) is 0 Å². The Kier molecular flexibility index (Phi) is 7.25. The molecule has 2 aromatic rings. The first kappa shape index (κ1) is 22.3. The van der Waals surface area contributed by atoms with Crippen LogP contribution in [0.25, 0.3) is 0 Å². The Bertz CT molecular complexity index is 975. The van der Waals surface area contributed by atoms with Crippen molar-refractivity contribution in [1.29, 1.82) is 0 Å². The summed E-state index contributed by atoms with van der Waals surface area (Å²) in [7, 11) is 0. The molecule has 0 saturated carbocycles. The van der Waals surface area contributed by atoms with E-state index in [0.717, 1.165) is 0 Å². The summed E-state index contributed by atoms with van der Waals surface area (Å²) >= 11 is 5.86. The second-order valence-corrected chi connectivity index (χ2v) is 7.27. The number of carbonyl (C=O) groups excluding carboxylic acids is 4. The lowest BCUT2D eigenvalue weighted by molar-refractivity contribution is -0.151. The third kappa shape index (κ3) is 5.82. The molecule has 1 heterocycles. The van der Waals surface area contributed by atoms with Crippen molar-refractivity contribution in [3.63, 3.8) is 0 Å². The molecule has 31 heavy (non-hydrogen) atoms. The number of amides is 2. The van der Waals surface area contributed by atoms with Gasteiger partial charge in [-0.25, -0.2) is 4.79 Å². The van der Waals surface area contributed by atoms with Crippen LogP contribution in [0.3, 0.4) is 0 Å². The number of benzene rings is 2. The van der Waals surface area contributed by atoms with E-state index < -0.39 is 30.4 Å². The van der Waals surface area contributed by atoms with Gasteiger partial charge in [-0.05, 0) is 55.5 Å². The molecule has 162 valence electrons. The molecule has 2 aromatic carbocycles. The summed E-state index contributed by atoms with van der Waals surface area (Å²) in [5, 5.41) is 3.13. The van der Waals surface area contributed by atoms with Gasteiger partial charge in [-0.3, -0.25) is 14.4 Å². The molecule has 1 aliphatic rings. The molecule has 0 radical (unpaired) electrons. The van der Waals surface area contributed by atoms with Crippen LogP contribution in [0, 0.1) is 5.92 Å². The second kappa shape index (κ2) is 10.1. The molecule has 1 saturated heterocycles. The van der Waals surface area contributed by atoms with Crippen molar-refractivity contribution in [2.24, 2.45) is 5.92 Å². The van der Waals surface area contributed by atoms with Crippen LogP contribution < -0.4 is 10.2 Å². The van der Waals surface area contributed by atoms with Gasteiger partial charge in [0.15, 0.2) is 6.61 Å². The number of nitrogens with zero attached hydrogens (tertiary/aromatic N) is 1. The molecule has 8 nitrogen and oxygen atoms in total. The van der Waals surface area contributed by atoms with Crippen molar-refractivity contribution in [1.82, 2.24) is 0 Å². The minimum atomic E-state index is -0.653. The topological polar surface area (TPSA) is 102 Å². The highest BCUT2D eigenvalue weighted by atomic mass is 35.5. The van der Waals surface area contributed by atoms with E-state index in [1.165, 1.54) is 17.0 Å². The molecule has 1 atom stereocenters. The molecule has 9 heteroatoms. The number of halogens is 1. The van der Waals surface area contributed by atoms with E-state index in [1.807, 2.05) is 0 Å². The van der Waals surface area contributed by atoms with Crippen LogP contribution in [0.2, 0.25) is 5.02 Å². The number of ether oxygens (including phenoxy) is 2. The molecule has 0 bridgehead atoms. The molecule has 0 aromatic heterocycles. The van der Waals surface area contributed by atoms with E-state index in [2.05, 4.69) is 5.32 Å². The van der Waals surface area contributed by atoms with Gasteiger partial charge >= 0.3 is 11.9 Å². The molecule has 0 unspecified atom stereocenters. The van der Waals surface area contributed by atoms with Crippen molar-refractivity contribution in [3.05, 3.63) is 59.1 Å². The minimum Gasteiger partial charge on any atom is -0.462 e. The summed E-state index contributed by atoms with van der Waals surface area (Å²) in [6.45, 7) is 1.68. The highest BCUT2D eigenvalue weighted by molar-refractivity contribution is 6.30. The number of esters is 2. The monoisotopic (exact) mass is 444 g/mol. The lowest BCUT2D eigenvalue weighted by atomic mass is 10.1. The Hall–Kier alpha value is -3.39. The van der Waals surface area contributed by atoms with Crippen LogP contribution in [-0.2, 0) is 23.9 Å². The zero-order valence-electron chi connectivity index (χ0n) is 16.8. The van der Waals surface area contributed by atoms with E-state index >= 15 is 0 Å². The maximum Gasteiger partial charge on any atom is 0.338 e. The zero-order chi connectivity index (χ0) is 22.4. The number of hydrogen-bond acceptors (Lipinski definition) is 6. The van der Waals surface area contributed by atoms with Gasteiger partial charge in [0.05, 0.1) is 18.1 Å². The van der Waals surface area contributed by atoms with E-state index in [9.17, 15) is 19.2 Å². The van der Waals surface area contributed by atoms with Gasteiger partial charge < -0.3 is 19.7 Å². The fraction of sp³-hybridized carbons (Fsp3) is 0.273. The largest absolute Gasteiger partial charge is 0.462 e. The Morgan fingerprint density at radius 3 is 2.39 bits per heavy atom. The molecular formula is C22H21ClN2O6. The fourth-order valence-corrected chi connectivity index (χ4v) is 3.22. The van der Waals surface area contributed by atoms with Crippen LogP contribution in [0.1, 0.15) is 23.7 Å². The average Bonchev–Trinajstić information content (AvgIpc) is 3.15. The van der Waals surface area contributed by atoms with Crippen LogP contribution >= 0.6 is 11.6 Å². The van der Waals surface area contributed by atoms with Gasteiger partial charge in [0.25, 0.3) is 5.91 Å². The molecule has 1 fully saturated rings.